The average Bonchev–Trinajstić information content (AvgIpc) is 3.40. The third-order valence-electron chi connectivity index (χ3n) is 4.71. The number of anilines is 1. The van der Waals surface area contributed by atoms with E-state index in [1.165, 1.54) is 0 Å². The van der Waals surface area contributed by atoms with E-state index in [2.05, 4.69) is 21.2 Å². The summed E-state index contributed by atoms with van der Waals surface area (Å²) in [5.41, 5.74) is 2.49. The lowest BCUT2D eigenvalue weighted by Crippen LogP contribution is -2.28. The first-order valence-electron chi connectivity index (χ1n) is 8.06. The third-order valence-corrected chi connectivity index (χ3v) is 5.56. The summed E-state index contributed by atoms with van der Waals surface area (Å²) >= 11 is 3.51. The van der Waals surface area contributed by atoms with Gasteiger partial charge in [0.25, 0.3) is 0 Å². The molecule has 2 aromatic carbocycles. The van der Waals surface area contributed by atoms with Crippen LogP contribution in [0.4, 0.5) is 5.69 Å². The molecule has 5 heteroatoms. The van der Waals surface area contributed by atoms with Crippen molar-refractivity contribution in [3.05, 3.63) is 52.0 Å². The molecule has 0 saturated heterocycles. The molecule has 0 radical (unpaired) electrons. The highest BCUT2D eigenvalue weighted by Crippen LogP contribution is 2.51. The number of nitrogens with one attached hydrogen (secondary N) is 1. The molecule has 4 rings (SSSR count). The van der Waals surface area contributed by atoms with Gasteiger partial charge in [0, 0.05) is 10.2 Å². The number of carbonyl (C=O) groups excluding carboxylic acids is 1. The molecule has 2 aliphatic rings. The largest absolute Gasteiger partial charge is 0.486 e. The van der Waals surface area contributed by atoms with Gasteiger partial charge in [0.2, 0.25) is 5.91 Å². The Bertz CT molecular complexity index is 814. The smallest absolute Gasteiger partial charge is 0.235 e. The summed E-state index contributed by atoms with van der Waals surface area (Å²) in [4.78, 5) is 12.9. The maximum Gasteiger partial charge on any atom is 0.235 e. The Labute approximate surface area is 149 Å². The fourth-order valence-electron chi connectivity index (χ4n) is 3.03. The van der Waals surface area contributed by atoms with Gasteiger partial charge in [-0.2, -0.15) is 0 Å². The van der Waals surface area contributed by atoms with Crippen molar-refractivity contribution in [2.75, 3.05) is 18.5 Å². The van der Waals surface area contributed by atoms with Gasteiger partial charge in [-0.1, -0.05) is 28.1 Å². The molecule has 0 spiro atoms. The van der Waals surface area contributed by atoms with Crippen LogP contribution in [0.5, 0.6) is 11.5 Å². The van der Waals surface area contributed by atoms with Crippen LogP contribution in [0.3, 0.4) is 0 Å². The van der Waals surface area contributed by atoms with Crippen LogP contribution in [0.2, 0.25) is 0 Å². The standard InChI is InChI=1S/C19H18BrNO3/c1-12-2-4-14(11-15(12)20)21-18(22)19(6-7-19)13-3-5-16-17(10-13)24-9-8-23-16/h2-5,10-11H,6-9H2,1H3,(H,21,22). The predicted octanol–water partition coefficient (Wildman–Crippen LogP) is 4.20. The van der Waals surface area contributed by atoms with E-state index in [9.17, 15) is 4.79 Å². The number of carbonyl (C=O) groups is 1. The van der Waals surface area contributed by atoms with E-state index in [-0.39, 0.29) is 5.91 Å². The van der Waals surface area contributed by atoms with Crippen LogP contribution in [-0.4, -0.2) is 19.1 Å². The zero-order valence-electron chi connectivity index (χ0n) is 13.4. The van der Waals surface area contributed by atoms with E-state index < -0.39 is 5.41 Å². The first kappa shape index (κ1) is 15.5. The Morgan fingerprint density at radius 1 is 1.08 bits per heavy atom. The maximum absolute atomic E-state index is 12.9. The Kier molecular flexibility index (Phi) is 3.76. The zero-order chi connectivity index (χ0) is 16.7. The van der Waals surface area contributed by atoms with Crippen molar-refractivity contribution >= 4 is 27.5 Å². The molecule has 124 valence electrons. The Morgan fingerprint density at radius 3 is 2.54 bits per heavy atom. The van der Waals surface area contributed by atoms with E-state index in [0.717, 1.165) is 45.6 Å². The molecule has 0 atom stereocenters. The van der Waals surface area contributed by atoms with Gasteiger partial charge in [-0.15, -0.1) is 0 Å². The maximum atomic E-state index is 12.9. The lowest BCUT2D eigenvalue weighted by atomic mass is 9.94. The van der Waals surface area contributed by atoms with E-state index in [0.29, 0.717) is 13.2 Å². The highest BCUT2D eigenvalue weighted by molar-refractivity contribution is 9.10. The molecular formula is C19H18BrNO3. The number of benzene rings is 2. The number of rotatable bonds is 3. The van der Waals surface area contributed by atoms with Gasteiger partial charge < -0.3 is 14.8 Å². The summed E-state index contributed by atoms with van der Waals surface area (Å²) in [6.45, 7) is 3.14. The molecule has 0 aromatic heterocycles. The second kappa shape index (κ2) is 5.81. The van der Waals surface area contributed by atoms with Crippen molar-refractivity contribution in [1.82, 2.24) is 0 Å². The number of hydrogen-bond donors (Lipinski definition) is 1. The Hall–Kier alpha value is -2.01. The quantitative estimate of drug-likeness (QED) is 0.858. The van der Waals surface area contributed by atoms with E-state index in [1.54, 1.807) is 0 Å². The molecule has 1 N–H and O–H groups in total. The third kappa shape index (κ3) is 2.67. The number of ether oxygens (including phenoxy) is 2. The lowest BCUT2D eigenvalue weighted by Gasteiger charge is -2.21. The molecule has 1 fully saturated rings. The molecule has 2 aromatic rings. The number of aryl methyl sites for hydroxylation is 1. The van der Waals surface area contributed by atoms with Crippen LogP contribution >= 0.6 is 15.9 Å². The first-order valence-corrected chi connectivity index (χ1v) is 8.85. The predicted molar refractivity (Wildman–Crippen MR) is 95.9 cm³/mol. The second-order valence-corrected chi connectivity index (χ2v) is 7.21. The van der Waals surface area contributed by atoms with Gasteiger partial charge in [0.05, 0.1) is 5.41 Å². The first-order chi connectivity index (χ1) is 11.6. The molecule has 1 aliphatic heterocycles. The van der Waals surface area contributed by atoms with Crippen molar-refractivity contribution in [2.24, 2.45) is 0 Å². The van der Waals surface area contributed by atoms with Crippen molar-refractivity contribution in [1.29, 1.82) is 0 Å². The zero-order valence-corrected chi connectivity index (χ0v) is 15.0. The fourth-order valence-corrected chi connectivity index (χ4v) is 3.41. The molecule has 1 saturated carbocycles. The second-order valence-electron chi connectivity index (χ2n) is 6.36. The summed E-state index contributed by atoms with van der Waals surface area (Å²) in [6, 6.07) is 11.7. The molecule has 1 heterocycles. The highest BCUT2D eigenvalue weighted by Gasteiger charge is 2.51. The summed E-state index contributed by atoms with van der Waals surface area (Å²) in [7, 11) is 0. The van der Waals surface area contributed by atoms with Gasteiger partial charge in [0.1, 0.15) is 13.2 Å². The number of hydrogen-bond acceptors (Lipinski definition) is 3. The van der Waals surface area contributed by atoms with Gasteiger partial charge in [-0.3, -0.25) is 4.79 Å². The van der Waals surface area contributed by atoms with Gasteiger partial charge >= 0.3 is 0 Å². The lowest BCUT2D eigenvalue weighted by molar-refractivity contribution is -0.118. The van der Waals surface area contributed by atoms with Crippen molar-refractivity contribution in [2.45, 2.75) is 25.2 Å². The number of amides is 1. The molecule has 24 heavy (non-hydrogen) atoms. The summed E-state index contributed by atoms with van der Waals surface area (Å²) < 4.78 is 12.2. The summed E-state index contributed by atoms with van der Waals surface area (Å²) in [5, 5.41) is 3.05. The van der Waals surface area contributed by atoms with E-state index in [1.807, 2.05) is 43.3 Å². The monoisotopic (exact) mass is 387 g/mol. The minimum absolute atomic E-state index is 0.0370. The van der Waals surface area contributed by atoms with Gasteiger partial charge in [-0.05, 0) is 55.2 Å². The highest BCUT2D eigenvalue weighted by atomic mass is 79.9. The van der Waals surface area contributed by atoms with Crippen LogP contribution in [0.1, 0.15) is 24.0 Å². The molecule has 0 unspecified atom stereocenters. The topological polar surface area (TPSA) is 47.6 Å². The molecule has 4 nitrogen and oxygen atoms in total. The van der Waals surface area contributed by atoms with Crippen molar-refractivity contribution < 1.29 is 14.3 Å². The number of halogens is 1. The minimum Gasteiger partial charge on any atom is -0.486 e. The Balaban J connectivity index is 1.58. The minimum atomic E-state index is -0.451. The summed E-state index contributed by atoms with van der Waals surface area (Å²) in [5.74, 6) is 1.52. The van der Waals surface area contributed by atoms with Gasteiger partial charge in [-0.25, -0.2) is 0 Å². The van der Waals surface area contributed by atoms with E-state index in [4.69, 9.17) is 9.47 Å². The molecular weight excluding hydrogens is 370 g/mol. The summed E-state index contributed by atoms with van der Waals surface area (Å²) in [6.07, 6.45) is 1.71. The Morgan fingerprint density at radius 2 is 1.83 bits per heavy atom. The van der Waals surface area contributed by atoms with Crippen LogP contribution in [0, 0.1) is 6.92 Å². The number of fused-ring (bicyclic) bond motifs is 1. The molecule has 1 amide bonds. The molecule has 0 bridgehead atoms. The molecule has 1 aliphatic carbocycles. The fraction of sp³-hybridized carbons (Fsp3) is 0.316. The van der Waals surface area contributed by atoms with Crippen LogP contribution in [-0.2, 0) is 10.2 Å². The van der Waals surface area contributed by atoms with Crippen molar-refractivity contribution in [3.8, 4) is 11.5 Å². The normalized spacial score (nSPS) is 17.2. The van der Waals surface area contributed by atoms with Crippen LogP contribution < -0.4 is 14.8 Å². The van der Waals surface area contributed by atoms with Gasteiger partial charge in [0.15, 0.2) is 11.5 Å². The van der Waals surface area contributed by atoms with Crippen LogP contribution in [0.15, 0.2) is 40.9 Å². The van der Waals surface area contributed by atoms with Crippen LogP contribution in [0.25, 0.3) is 0 Å². The van der Waals surface area contributed by atoms with Crippen molar-refractivity contribution in [3.63, 3.8) is 0 Å². The average molecular weight is 388 g/mol. The van der Waals surface area contributed by atoms with E-state index >= 15 is 0 Å². The SMILES string of the molecule is Cc1ccc(NC(=O)C2(c3ccc4c(c3)OCCO4)CC2)cc1Br.